The van der Waals surface area contributed by atoms with Crippen LogP contribution in [0.2, 0.25) is 5.02 Å². The lowest BCUT2D eigenvalue weighted by Crippen LogP contribution is -2.20. The van der Waals surface area contributed by atoms with E-state index >= 15 is 0 Å². The number of pyridine rings is 2. The molecule has 2 N–H and O–H groups in total. The number of aromatic nitrogens is 2. The Morgan fingerprint density at radius 3 is 2.57 bits per heavy atom. The quantitative estimate of drug-likeness (QED) is 0.351. The van der Waals surface area contributed by atoms with Crippen LogP contribution in [0.1, 0.15) is 17.0 Å². The molecule has 30 heavy (non-hydrogen) atoms. The van der Waals surface area contributed by atoms with Gasteiger partial charge in [-0.2, -0.15) is 0 Å². The zero-order valence-corrected chi connectivity index (χ0v) is 16.3. The number of aromatic hydroxyl groups is 1. The van der Waals surface area contributed by atoms with Crippen LogP contribution in [0.25, 0.3) is 21.8 Å². The molecular formula is C23H14ClN3O3. The van der Waals surface area contributed by atoms with Crippen molar-refractivity contribution < 1.29 is 14.6 Å². The average Bonchev–Trinajstić information content (AvgIpc) is 3.15. The number of carbonyl (C=O) groups is 1. The third-order valence-electron chi connectivity index (χ3n) is 5.72. The van der Waals surface area contributed by atoms with Crippen LogP contribution in [0.15, 0.2) is 66.1 Å². The topological polar surface area (TPSA) is 84.3 Å². The summed E-state index contributed by atoms with van der Waals surface area (Å²) in [6, 6.07) is 12.8. The highest BCUT2D eigenvalue weighted by Gasteiger charge is 2.40. The third kappa shape index (κ3) is 2.28. The van der Waals surface area contributed by atoms with Crippen molar-refractivity contribution in [3.8, 4) is 5.75 Å². The number of phenols is 1. The van der Waals surface area contributed by atoms with Gasteiger partial charge in [0, 0.05) is 29.1 Å². The number of hydrogen-bond acceptors (Lipinski definition) is 6. The van der Waals surface area contributed by atoms with Crippen molar-refractivity contribution in [1.82, 2.24) is 9.97 Å². The first-order valence-electron chi connectivity index (χ1n) is 9.44. The fourth-order valence-corrected chi connectivity index (χ4v) is 4.65. The number of fused-ring (bicyclic) bond motifs is 6. The minimum atomic E-state index is -0.416. The van der Waals surface area contributed by atoms with Gasteiger partial charge >= 0.3 is 5.97 Å². The number of halogens is 1. The minimum absolute atomic E-state index is 0.00740. The lowest BCUT2D eigenvalue weighted by Gasteiger charge is -2.29. The third-order valence-corrected chi connectivity index (χ3v) is 6.02. The molecule has 0 fully saturated rings. The SMILES string of the molecule is O=C1OCC2=C1C(c1ccc(O)c(Cl)c1)c1c(c3cccnc3c3ncccc13)N2. The van der Waals surface area contributed by atoms with E-state index in [9.17, 15) is 9.90 Å². The largest absolute Gasteiger partial charge is 0.506 e. The summed E-state index contributed by atoms with van der Waals surface area (Å²) in [6.07, 6.45) is 3.48. The van der Waals surface area contributed by atoms with Crippen molar-refractivity contribution >= 4 is 45.1 Å². The molecule has 2 aliphatic heterocycles. The van der Waals surface area contributed by atoms with E-state index in [1.165, 1.54) is 0 Å². The zero-order chi connectivity index (χ0) is 20.4. The van der Waals surface area contributed by atoms with Crippen LogP contribution in [0.4, 0.5) is 5.69 Å². The molecule has 4 heterocycles. The molecule has 0 amide bonds. The molecule has 0 radical (unpaired) electrons. The van der Waals surface area contributed by atoms with E-state index in [1.807, 2.05) is 24.3 Å². The van der Waals surface area contributed by atoms with E-state index in [1.54, 1.807) is 30.6 Å². The van der Waals surface area contributed by atoms with E-state index in [4.69, 9.17) is 16.3 Å². The number of carbonyl (C=O) groups excluding carboxylic acids is 1. The van der Waals surface area contributed by atoms with Crippen molar-refractivity contribution in [3.05, 3.63) is 82.3 Å². The van der Waals surface area contributed by atoms with Gasteiger partial charge in [-0.25, -0.2) is 4.79 Å². The first-order valence-corrected chi connectivity index (χ1v) is 9.82. The Bertz CT molecular complexity index is 1430. The van der Waals surface area contributed by atoms with Crippen LogP contribution < -0.4 is 5.32 Å². The Morgan fingerprint density at radius 1 is 1.07 bits per heavy atom. The highest BCUT2D eigenvalue weighted by molar-refractivity contribution is 6.32. The second-order valence-corrected chi connectivity index (χ2v) is 7.73. The molecule has 1 unspecified atom stereocenters. The van der Waals surface area contributed by atoms with Crippen molar-refractivity contribution in [3.63, 3.8) is 0 Å². The van der Waals surface area contributed by atoms with Gasteiger partial charge in [0.15, 0.2) is 0 Å². The first kappa shape index (κ1) is 17.2. The standard InChI is InChI=1S/C23H14ClN3O3/c24-14-9-11(5-6-16(14)28)17-18-12-3-1-7-25-21(12)22-13(4-2-8-26-22)20(18)27-15-10-30-23(29)19(15)17/h1-9,17,27-28H,10H2. The Labute approximate surface area is 175 Å². The molecule has 0 saturated heterocycles. The summed E-state index contributed by atoms with van der Waals surface area (Å²) < 4.78 is 5.37. The Balaban J connectivity index is 1.77. The van der Waals surface area contributed by atoms with Crippen LogP contribution in [-0.4, -0.2) is 27.7 Å². The number of nitrogens with one attached hydrogen (secondary N) is 1. The maximum Gasteiger partial charge on any atom is 0.337 e. The Morgan fingerprint density at radius 2 is 1.80 bits per heavy atom. The molecule has 0 aliphatic carbocycles. The van der Waals surface area contributed by atoms with E-state index in [0.717, 1.165) is 44.3 Å². The van der Waals surface area contributed by atoms with E-state index in [-0.39, 0.29) is 23.3 Å². The smallest absolute Gasteiger partial charge is 0.337 e. The normalized spacial score (nSPS) is 17.6. The fourth-order valence-electron chi connectivity index (χ4n) is 4.46. The second-order valence-electron chi connectivity index (χ2n) is 7.33. The zero-order valence-electron chi connectivity index (χ0n) is 15.5. The van der Waals surface area contributed by atoms with Crippen molar-refractivity contribution in [1.29, 1.82) is 0 Å². The van der Waals surface area contributed by atoms with Gasteiger partial charge in [-0.1, -0.05) is 23.7 Å². The first-order chi connectivity index (χ1) is 14.6. The van der Waals surface area contributed by atoms with Crippen molar-refractivity contribution in [2.45, 2.75) is 5.92 Å². The molecule has 1 atom stereocenters. The number of benzene rings is 2. The monoisotopic (exact) mass is 415 g/mol. The van der Waals surface area contributed by atoms with E-state index in [2.05, 4.69) is 15.3 Å². The number of cyclic esters (lactones) is 1. The molecule has 0 bridgehead atoms. The lowest BCUT2D eigenvalue weighted by molar-refractivity contribution is -0.136. The van der Waals surface area contributed by atoms with Gasteiger partial charge in [0.25, 0.3) is 0 Å². The highest BCUT2D eigenvalue weighted by Crippen LogP contribution is 2.50. The van der Waals surface area contributed by atoms with E-state index < -0.39 is 5.92 Å². The number of ether oxygens (including phenoxy) is 1. The summed E-state index contributed by atoms with van der Waals surface area (Å²) in [6.45, 7) is 0.183. The molecule has 2 aliphatic rings. The van der Waals surface area contributed by atoms with Crippen molar-refractivity contribution in [2.75, 3.05) is 11.9 Å². The molecule has 2 aromatic carbocycles. The van der Waals surface area contributed by atoms with Crippen LogP contribution in [0, 0.1) is 0 Å². The summed E-state index contributed by atoms with van der Waals surface area (Å²) in [5.74, 6) is -0.784. The molecule has 146 valence electrons. The maximum atomic E-state index is 12.7. The summed E-state index contributed by atoms with van der Waals surface area (Å²) in [5.41, 5.74) is 5.42. The van der Waals surface area contributed by atoms with Crippen molar-refractivity contribution in [2.24, 2.45) is 0 Å². The fraction of sp³-hybridized carbons (Fsp3) is 0.0870. The summed E-state index contributed by atoms with van der Waals surface area (Å²) in [5, 5.41) is 15.4. The molecule has 6 rings (SSSR count). The maximum absolute atomic E-state index is 12.7. The molecule has 0 spiro atoms. The molecule has 4 aromatic rings. The predicted molar refractivity (Wildman–Crippen MR) is 114 cm³/mol. The average molecular weight is 416 g/mol. The molecule has 7 heteroatoms. The summed E-state index contributed by atoms with van der Waals surface area (Å²) in [4.78, 5) is 21.9. The van der Waals surface area contributed by atoms with Crippen LogP contribution in [-0.2, 0) is 9.53 Å². The Hall–Kier alpha value is -3.64. The number of anilines is 1. The second kappa shape index (κ2) is 6.18. The molecule has 6 nitrogen and oxygen atoms in total. The molecule has 0 saturated carbocycles. The van der Waals surface area contributed by atoms with Gasteiger partial charge in [-0.05, 0) is 41.5 Å². The van der Waals surface area contributed by atoms with Crippen LogP contribution in [0.5, 0.6) is 5.75 Å². The number of esters is 1. The van der Waals surface area contributed by atoms with Gasteiger partial charge < -0.3 is 15.2 Å². The predicted octanol–water partition coefficient (Wildman–Crippen LogP) is 4.51. The number of phenolic OH excluding ortho intramolecular Hbond substituents is 1. The highest BCUT2D eigenvalue weighted by atomic mass is 35.5. The van der Waals surface area contributed by atoms with Gasteiger partial charge in [-0.3, -0.25) is 9.97 Å². The van der Waals surface area contributed by atoms with Gasteiger partial charge in [0.05, 0.1) is 33.0 Å². The number of hydrogen-bond donors (Lipinski definition) is 2. The number of nitrogens with zero attached hydrogens (tertiary/aromatic N) is 2. The van der Waals surface area contributed by atoms with Gasteiger partial charge in [0.1, 0.15) is 12.4 Å². The minimum Gasteiger partial charge on any atom is -0.506 e. The lowest BCUT2D eigenvalue weighted by atomic mass is 9.78. The van der Waals surface area contributed by atoms with Crippen LogP contribution in [0.3, 0.4) is 0 Å². The van der Waals surface area contributed by atoms with Crippen LogP contribution >= 0.6 is 11.6 Å². The molecular weight excluding hydrogens is 402 g/mol. The van der Waals surface area contributed by atoms with Gasteiger partial charge in [0.2, 0.25) is 0 Å². The van der Waals surface area contributed by atoms with Gasteiger partial charge in [-0.15, -0.1) is 0 Å². The number of rotatable bonds is 1. The summed E-state index contributed by atoms with van der Waals surface area (Å²) in [7, 11) is 0. The van der Waals surface area contributed by atoms with E-state index in [0.29, 0.717) is 5.57 Å². The molecule has 2 aromatic heterocycles. The summed E-state index contributed by atoms with van der Waals surface area (Å²) >= 11 is 6.23. The Kier molecular flexibility index (Phi) is 3.55.